The van der Waals surface area contributed by atoms with Gasteiger partial charge in [0.1, 0.15) is 11.5 Å². The number of amides is 1. The van der Waals surface area contributed by atoms with Crippen molar-refractivity contribution in [3.8, 4) is 0 Å². The van der Waals surface area contributed by atoms with Crippen molar-refractivity contribution in [2.75, 3.05) is 31.1 Å². The van der Waals surface area contributed by atoms with Gasteiger partial charge in [0.2, 0.25) is 0 Å². The van der Waals surface area contributed by atoms with Gasteiger partial charge in [0.05, 0.1) is 4.90 Å². The Labute approximate surface area is 186 Å². The van der Waals surface area contributed by atoms with Crippen LogP contribution in [0.5, 0.6) is 0 Å². The molecule has 2 heterocycles. The molecule has 0 aliphatic carbocycles. The number of piperazine rings is 1. The van der Waals surface area contributed by atoms with Crippen molar-refractivity contribution in [1.82, 2.24) is 4.90 Å². The lowest BCUT2D eigenvalue weighted by atomic mass is 10.2. The number of hydrogen-bond donors (Lipinski definition) is 0. The van der Waals surface area contributed by atoms with Crippen molar-refractivity contribution in [3.63, 3.8) is 0 Å². The van der Waals surface area contributed by atoms with Crippen LogP contribution in [0.4, 0.5) is 5.69 Å². The number of furan rings is 1. The number of hydrogen-bond acceptors (Lipinski definition) is 5. The average molecular weight is 459 g/mol. The first-order valence-electron chi connectivity index (χ1n) is 10.00. The first kappa shape index (κ1) is 21.5. The molecule has 1 aromatic heterocycles. The molecule has 162 valence electrons. The second-order valence-corrected chi connectivity index (χ2v) is 10.0. The summed E-state index contributed by atoms with van der Waals surface area (Å²) in [5, 5.41) is 0.465. The highest BCUT2D eigenvalue weighted by molar-refractivity contribution is 7.90. The van der Waals surface area contributed by atoms with Crippen molar-refractivity contribution in [3.05, 3.63) is 82.8 Å². The number of halogens is 1. The molecule has 0 N–H and O–H groups in total. The number of rotatable bonds is 5. The summed E-state index contributed by atoms with van der Waals surface area (Å²) in [5.74, 6) is -0.149. The molecule has 0 bridgehead atoms. The van der Waals surface area contributed by atoms with Crippen LogP contribution in [0.25, 0.3) is 0 Å². The highest BCUT2D eigenvalue weighted by Gasteiger charge is 2.25. The Kier molecular flexibility index (Phi) is 6.07. The molecule has 1 saturated heterocycles. The zero-order valence-corrected chi connectivity index (χ0v) is 18.7. The lowest BCUT2D eigenvalue weighted by Gasteiger charge is -2.35. The van der Waals surface area contributed by atoms with Crippen LogP contribution in [0.2, 0.25) is 5.02 Å². The van der Waals surface area contributed by atoms with E-state index in [0.717, 1.165) is 18.8 Å². The zero-order chi connectivity index (χ0) is 22.0. The number of nitrogens with zero attached hydrogens (tertiary/aromatic N) is 2. The van der Waals surface area contributed by atoms with Gasteiger partial charge in [0.15, 0.2) is 15.6 Å². The molecule has 8 heteroatoms. The van der Waals surface area contributed by atoms with E-state index in [1.165, 1.54) is 29.8 Å². The van der Waals surface area contributed by atoms with E-state index < -0.39 is 9.84 Å². The largest absolute Gasteiger partial charge is 0.455 e. The maximum atomic E-state index is 12.8. The fourth-order valence-electron chi connectivity index (χ4n) is 3.56. The topological polar surface area (TPSA) is 70.8 Å². The minimum absolute atomic E-state index is 0.157. The number of sulfone groups is 1. The Balaban J connectivity index is 1.38. The molecule has 0 atom stereocenters. The van der Waals surface area contributed by atoms with Gasteiger partial charge in [-0.05, 0) is 55.5 Å². The Bertz CT molecular complexity index is 1160. The summed E-state index contributed by atoms with van der Waals surface area (Å²) < 4.78 is 30.8. The minimum atomic E-state index is -3.59. The van der Waals surface area contributed by atoms with Gasteiger partial charge in [-0.2, -0.15) is 0 Å². The Morgan fingerprint density at radius 1 is 0.935 bits per heavy atom. The Hall–Kier alpha value is -2.77. The van der Waals surface area contributed by atoms with Gasteiger partial charge in [-0.15, -0.1) is 0 Å². The van der Waals surface area contributed by atoms with Crippen molar-refractivity contribution < 1.29 is 17.6 Å². The monoisotopic (exact) mass is 458 g/mol. The molecule has 0 unspecified atom stereocenters. The predicted molar refractivity (Wildman–Crippen MR) is 120 cm³/mol. The summed E-state index contributed by atoms with van der Waals surface area (Å²) in [5.41, 5.74) is 2.36. The molecule has 4 rings (SSSR count). The molecule has 6 nitrogen and oxygen atoms in total. The second kappa shape index (κ2) is 8.77. The van der Waals surface area contributed by atoms with Gasteiger partial charge in [-0.1, -0.05) is 29.3 Å². The molecule has 3 aromatic rings. The Morgan fingerprint density at radius 3 is 2.23 bits per heavy atom. The van der Waals surface area contributed by atoms with E-state index in [4.69, 9.17) is 16.0 Å². The molecular formula is C23H23ClN2O4S. The number of aryl methyl sites for hydroxylation is 1. The van der Waals surface area contributed by atoms with Gasteiger partial charge in [-0.3, -0.25) is 4.79 Å². The molecule has 2 aromatic carbocycles. The summed E-state index contributed by atoms with van der Waals surface area (Å²) in [6.07, 6.45) is 0. The van der Waals surface area contributed by atoms with Crippen LogP contribution in [0.3, 0.4) is 0 Å². The van der Waals surface area contributed by atoms with Crippen LogP contribution in [0.1, 0.15) is 21.9 Å². The number of carbonyl (C=O) groups excluding carboxylic acids is 1. The predicted octanol–water partition coefficient (Wildman–Crippen LogP) is 4.18. The van der Waals surface area contributed by atoms with Crippen molar-refractivity contribution in [2.24, 2.45) is 0 Å². The van der Waals surface area contributed by atoms with Gasteiger partial charge in [-0.25, -0.2) is 8.42 Å². The third kappa shape index (κ3) is 4.94. The fraction of sp³-hybridized carbons (Fsp3) is 0.261. The molecule has 1 fully saturated rings. The normalized spacial score (nSPS) is 14.6. The second-order valence-electron chi connectivity index (χ2n) is 7.59. The van der Waals surface area contributed by atoms with E-state index in [9.17, 15) is 13.2 Å². The summed E-state index contributed by atoms with van der Waals surface area (Å²) in [4.78, 5) is 17.0. The third-order valence-corrected chi connectivity index (χ3v) is 7.25. The van der Waals surface area contributed by atoms with E-state index in [-0.39, 0.29) is 28.1 Å². The molecular weight excluding hydrogens is 436 g/mol. The van der Waals surface area contributed by atoms with Crippen LogP contribution in [-0.4, -0.2) is 45.4 Å². The van der Waals surface area contributed by atoms with Gasteiger partial charge in [0.25, 0.3) is 5.91 Å². The van der Waals surface area contributed by atoms with Crippen molar-refractivity contribution in [2.45, 2.75) is 17.6 Å². The third-order valence-electron chi connectivity index (χ3n) is 5.34. The molecule has 1 aliphatic rings. The SMILES string of the molecule is Cc1ccc(N2CCN(C(=O)c3ccc(CS(=O)(=O)c4ccc(Cl)cc4)o3)CC2)cc1. The molecule has 0 radical (unpaired) electrons. The van der Waals surface area contributed by atoms with E-state index in [2.05, 4.69) is 36.1 Å². The first-order chi connectivity index (χ1) is 14.8. The molecule has 1 aliphatic heterocycles. The Morgan fingerprint density at radius 2 is 1.58 bits per heavy atom. The molecule has 0 saturated carbocycles. The number of carbonyl (C=O) groups is 1. The van der Waals surface area contributed by atoms with E-state index in [1.54, 1.807) is 17.0 Å². The summed E-state index contributed by atoms with van der Waals surface area (Å²) in [7, 11) is -3.59. The summed E-state index contributed by atoms with van der Waals surface area (Å²) in [6, 6.07) is 17.4. The first-order valence-corrected chi connectivity index (χ1v) is 12.0. The van der Waals surface area contributed by atoms with E-state index in [1.807, 2.05) is 0 Å². The van der Waals surface area contributed by atoms with Crippen LogP contribution in [0.15, 0.2) is 70.0 Å². The summed E-state index contributed by atoms with van der Waals surface area (Å²) >= 11 is 5.83. The van der Waals surface area contributed by atoms with Gasteiger partial charge in [0, 0.05) is 36.9 Å². The highest BCUT2D eigenvalue weighted by atomic mass is 35.5. The van der Waals surface area contributed by atoms with E-state index >= 15 is 0 Å². The van der Waals surface area contributed by atoms with Crippen LogP contribution < -0.4 is 4.90 Å². The van der Waals surface area contributed by atoms with Crippen LogP contribution >= 0.6 is 11.6 Å². The van der Waals surface area contributed by atoms with Gasteiger partial charge < -0.3 is 14.2 Å². The zero-order valence-electron chi connectivity index (χ0n) is 17.1. The average Bonchev–Trinajstić information content (AvgIpc) is 3.22. The molecule has 0 spiro atoms. The number of benzene rings is 2. The summed E-state index contributed by atoms with van der Waals surface area (Å²) in [6.45, 7) is 4.66. The maximum Gasteiger partial charge on any atom is 0.289 e. The number of anilines is 1. The standard InChI is InChI=1S/C23H23ClN2O4S/c1-17-2-6-19(7-3-17)25-12-14-26(15-13-25)23(27)22-11-8-20(30-22)16-31(28,29)21-9-4-18(24)5-10-21/h2-11H,12-16H2,1H3. The highest BCUT2D eigenvalue weighted by Crippen LogP contribution is 2.22. The van der Waals surface area contributed by atoms with Gasteiger partial charge >= 0.3 is 0 Å². The van der Waals surface area contributed by atoms with Crippen molar-refractivity contribution in [1.29, 1.82) is 0 Å². The smallest absolute Gasteiger partial charge is 0.289 e. The van der Waals surface area contributed by atoms with Crippen LogP contribution in [0, 0.1) is 6.92 Å². The van der Waals surface area contributed by atoms with Crippen LogP contribution in [-0.2, 0) is 15.6 Å². The fourth-order valence-corrected chi connectivity index (χ4v) is 4.94. The van der Waals surface area contributed by atoms with E-state index in [0.29, 0.717) is 18.1 Å². The molecule has 1 amide bonds. The quantitative estimate of drug-likeness (QED) is 0.573. The minimum Gasteiger partial charge on any atom is -0.455 e. The molecule has 31 heavy (non-hydrogen) atoms. The van der Waals surface area contributed by atoms with Crippen molar-refractivity contribution >= 4 is 33.0 Å². The maximum absolute atomic E-state index is 12.8. The lowest BCUT2D eigenvalue weighted by Crippen LogP contribution is -2.48. The lowest BCUT2D eigenvalue weighted by molar-refractivity contribution is 0.0713.